The first kappa shape index (κ1) is 15.7. The lowest BCUT2D eigenvalue weighted by atomic mass is 10.1. The van der Waals surface area contributed by atoms with Gasteiger partial charge in [-0.3, -0.25) is 4.79 Å². The average molecular weight is 323 g/mol. The highest BCUT2D eigenvalue weighted by Gasteiger charge is 2.19. The molecule has 0 saturated heterocycles. The molecule has 112 valence electrons. The molecular formula is C15H17NO3S2. The van der Waals surface area contributed by atoms with E-state index in [9.17, 15) is 9.59 Å². The van der Waals surface area contributed by atoms with E-state index in [2.05, 4.69) is 12.2 Å². The standard InChI is InChI=1S/C15H17NO3S2/c1-4-5-10-6-11(21-9(10)3)14(17)16-12-8(2)7-20-13(12)15(18)19/h6-7H,4-5H2,1-3H3,(H,16,17)(H,18,19). The van der Waals surface area contributed by atoms with Gasteiger partial charge in [-0.05, 0) is 42.8 Å². The minimum atomic E-state index is -1.02. The first-order valence-electron chi connectivity index (χ1n) is 6.66. The van der Waals surface area contributed by atoms with Crippen LogP contribution in [0, 0.1) is 13.8 Å². The average Bonchev–Trinajstić information content (AvgIpc) is 2.95. The highest BCUT2D eigenvalue weighted by molar-refractivity contribution is 7.14. The van der Waals surface area contributed by atoms with Crippen molar-refractivity contribution in [1.82, 2.24) is 0 Å². The molecule has 2 N–H and O–H groups in total. The summed E-state index contributed by atoms with van der Waals surface area (Å²) < 4.78 is 0. The Morgan fingerprint density at radius 1 is 1.33 bits per heavy atom. The van der Waals surface area contributed by atoms with E-state index in [0.29, 0.717) is 10.6 Å². The van der Waals surface area contributed by atoms with Crippen LogP contribution in [0.2, 0.25) is 0 Å². The van der Waals surface area contributed by atoms with Crippen molar-refractivity contribution in [2.24, 2.45) is 0 Å². The third-order valence-electron chi connectivity index (χ3n) is 3.17. The quantitative estimate of drug-likeness (QED) is 0.860. The Kier molecular flexibility index (Phi) is 4.80. The molecule has 0 aliphatic heterocycles. The lowest BCUT2D eigenvalue weighted by Crippen LogP contribution is -2.13. The number of anilines is 1. The smallest absolute Gasteiger partial charge is 0.348 e. The summed E-state index contributed by atoms with van der Waals surface area (Å²) in [4.78, 5) is 25.4. The van der Waals surface area contributed by atoms with Crippen LogP contribution in [0.3, 0.4) is 0 Å². The summed E-state index contributed by atoms with van der Waals surface area (Å²) in [5, 5.41) is 13.6. The number of aromatic carboxylic acids is 1. The van der Waals surface area contributed by atoms with Crippen LogP contribution < -0.4 is 5.32 Å². The fourth-order valence-electron chi connectivity index (χ4n) is 2.08. The largest absolute Gasteiger partial charge is 0.477 e. The molecule has 6 heteroatoms. The topological polar surface area (TPSA) is 66.4 Å². The van der Waals surface area contributed by atoms with Gasteiger partial charge in [0.15, 0.2) is 0 Å². The highest BCUT2D eigenvalue weighted by atomic mass is 32.1. The number of carboxylic acids is 1. The molecule has 2 aromatic rings. The van der Waals surface area contributed by atoms with Gasteiger partial charge < -0.3 is 10.4 Å². The minimum Gasteiger partial charge on any atom is -0.477 e. The molecule has 0 bridgehead atoms. The maximum Gasteiger partial charge on any atom is 0.348 e. The SMILES string of the molecule is CCCc1cc(C(=O)Nc2c(C)csc2C(=O)O)sc1C. The fourth-order valence-corrected chi connectivity index (χ4v) is 3.89. The van der Waals surface area contributed by atoms with Crippen LogP contribution >= 0.6 is 22.7 Å². The van der Waals surface area contributed by atoms with Crippen LogP contribution in [0.15, 0.2) is 11.4 Å². The number of carbonyl (C=O) groups is 2. The zero-order valence-corrected chi connectivity index (χ0v) is 13.8. The minimum absolute atomic E-state index is 0.169. The maximum absolute atomic E-state index is 12.3. The number of rotatable bonds is 5. The number of nitrogens with one attached hydrogen (secondary N) is 1. The van der Waals surface area contributed by atoms with Gasteiger partial charge in [-0.25, -0.2) is 4.79 Å². The van der Waals surface area contributed by atoms with Gasteiger partial charge in [0.05, 0.1) is 10.6 Å². The van der Waals surface area contributed by atoms with Crippen molar-refractivity contribution in [3.05, 3.63) is 37.2 Å². The van der Waals surface area contributed by atoms with Crippen molar-refractivity contribution in [2.75, 3.05) is 5.32 Å². The number of carbonyl (C=O) groups excluding carboxylic acids is 1. The molecule has 0 spiro atoms. The Bertz CT molecular complexity index is 685. The number of hydrogen-bond donors (Lipinski definition) is 2. The fraction of sp³-hybridized carbons (Fsp3) is 0.333. The summed E-state index contributed by atoms with van der Waals surface area (Å²) in [6.45, 7) is 5.90. The number of carboxylic acid groups (broad SMARTS) is 1. The lowest BCUT2D eigenvalue weighted by Gasteiger charge is -2.04. The van der Waals surface area contributed by atoms with Crippen LogP contribution in [0.25, 0.3) is 0 Å². The molecule has 0 aliphatic rings. The molecule has 4 nitrogen and oxygen atoms in total. The second kappa shape index (κ2) is 6.41. The molecule has 0 aliphatic carbocycles. The molecule has 0 radical (unpaired) electrons. The normalized spacial score (nSPS) is 10.6. The van der Waals surface area contributed by atoms with Crippen LogP contribution in [-0.4, -0.2) is 17.0 Å². The summed E-state index contributed by atoms with van der Waals surface area (Å²) in [5.74, 6) is -1.26. The van der Waals surface area contributed by atoms with Crippen LogP contribution in [0.1, 0.15) is 48.7 Å². The molecule has 0 unspecified atom stereocenters. The molecule has 0 atom stereocenters. The van der Waals surface area contributed by atoms with Gasteiger partial charge in [-0.1, -0.05) is 13.3 Å². The third kappa shape index (κ3) is 3.33. The van der Waals surface area contributed by atoms with Crippen LogP contribution in [0.5, 0.6) is 0 Å². The Balaban J connectivity index is 2.24. The van der Waals surface area contributed by atoms with E-state index in [1.54, 1.807) is 12.3 Å². The number of thiophene rings is 2. The summed E-state index contributed by atoms with van der Waals surface area (Å²) in [5.41, 5.74) is 2.36. The molecule has 0 saturated carbocycles. The van der Waals surface area contributed by atoms with Gasteiger partial charge in [-0.2, -0.15) is 0 Å². The summed E-state index contributed by atoms with van der Waals surface area (Å²) in [6, 6.07) is 1.90. The Labute approximate surface area is 131 Å². The molecule has 2 aromatic heterocycles. The first-order valence-corrected chi connectivity index (χ1v) is 8.35. The molecule has 0 fully saturated rings. The Morgan fingerprint density at radius 3 is 2.67 bits per heavy atom. The van der Waals surface area contributed by atoms with Crippen LogP contribution in [0.4, 0.5) is 5.69 Å². The Hall–Kier alpha value is -1.66. The molecular weight excluding hydrogens is 306 g/mol. The van der Waals surface area contributed by atoms with E-state index in [0.717, 1.165) is 34.6 Å². The monoisotopic (exact) mass is 323 g/mol. The predicted octanol–water partition coefficient (Wildman–Crippen LogP) is 4.33. The zero-order chi connectivity index (χ0) is 15.6. The van der Waals surface area contributed by atoms with Gasteiger partial charge in [0.1, 0.15) is 4.88 Å². The van der Waals surface area contributed by atoms with Gasteiger partial charge in [0.25, 0.3) is 5.91 Å². The zero-order valence-electron chi connectivity index (χ0n) is 12.1. The van der Waals surface area contributed by atoms with Gasteiger partial charge in [0, 0.05) is 4.88 Å². The van der Waals surface area contributed by atoms with E-state index in [1.807, 2.05) is 13.0 Å². The molecule has 1 amide bonds. The second-order valence-electron chi connectivity index (χ2n) is 4.82. The molecule has 2 rings (SSSR count). The maximum atomic E-state index is 12.3. The van der Waals surface area contributed by atoms with Crippen molar-refractivity contribution < 1.29 is 14.7 Å². The van der Waals surface area contributed by atoms with Gasteiger partial charge >= 0.3 is 5.97 Å². The molecule has 0 aromatic carbocycles. The highest BCUT2D eigenvalue weighted by Crippen LogP contribution is 2.29. The van der Waals surface area contributed by atoms with Crippen molar-refractivity contribution in [3.63, 3.8) is 0 Å². The van der Waals surface area contributed by atoms with Crippen molar-refractivity contribution in [1.29, 1.82) is 0 Å². The van der Waals surface area contributed by atoms with Crippen LogP contribution in [-0.2, 0) is 6.42 Å². The summed E-state index contributed by atoms with van der Waals surface area (Å²) in [6.07, 6.45) is 1.99. The van der Waals surface area contributed by atoms with E-state index in [-0.39, 0.29) is 10.8 Å². The lowest BCUT2D eigenvalue weighted by molar-refractivity contribution is 0.0703. The predicted molar refractivity (Wildman–Crippen MR) is 87.0 cm³/mol. The Morgan fingerprint density at radius 2 is 2.05 bits per heavy atom. The van der Waals surface area contributed by atoms with E-state index in [1.165, 1.54) is 16.9 Å². The molecule has 2 heterocycles. The summed E-state index contributed by atoms with van der Waals surface area (Å²) in [7, 11) is 0. The van der Waals surface area contributed by atoms with E-state index in [4.69, 9.17) is 5.11 Å². The summed E-state index contributed by atoms with van der Waals surface area (Å²) >= 11 is 2.58. The van der Waals surface area contributed by atoms with E-state index < -0.39 is 5.97 Å². The number of amides is 1. The number of aryl methyl sites for hydroxylation is 3. The molecule has 21 heavy (non-hydrogen) atoms. The third-order valence-corrected chi connectivity index (χ3v) is 5.35. The van der Waals surface area contributed by atoms with Crippen molar-refractivity contribution in [3.8, 4) is 0 Å². The van der Waals surface area contributed by atoms with Gasteiger partial charge in [0.2, 0.25) is 0 Å². The van der Waals surface area contributed by atoms with Crippen molar-refractivity contribution in [2.45, 2.75) is 33.6 Å². The number of hydrogen-bond acceptors (Lipinski definition) is 4. The second-order valence-corrected chi connectivity index (χ2v) is 6.96. The first-order chi connectivity index (χ1) is 9.93. The van der Waals surface area contributed by atoms with E-state index >= 15 is 0 Å². The van der Waals surface area contributed by atoms with Crippen molar-refractivity contribution >= 4 is 40.2 Å². The van der Waals surface area contributed by atoms with Gasteiger partial charge in [-0.15, -0.1) is 22.7 Å².